The summed E-state index contributed by atoms with van der Waals surface area (Å²) in [5.41, 5.74) is 1.46. The normalized spacial score (nSPS) is 16.9. The van der Waals surface area contributed by atoms with Crippen LogP contribution < -0.4 is 5.69 Å². The molecule has 1 aliphatic rings. The Morgan fingerprint density at radius 3 is 2.79 bits per heavy atom. The number of aromatic amines is 1. The number of hydrogen-bond donors (Lipinski definition) is 2. The second-order valence-electron chi connectivity index (χ2n) is 6.76. The number of nitrogens with one attached hydrogen (secondary N) is 1. The Bertz CT molecular complexity index is 978. The molecule has 2 amide bonds. The molecule has 10 heteroatoms. The summed E-state index contributed by atoms with van der Waals surface area (Å²) in [7, 11) is 1.62. The number of aromatic nitrogens is 2. The molecule has 2 heterocycles. The summed E-state index contributed by atoms with van der Waals surface area (Å²) in [5.74, 6) is -1.69. The summed E-state index contributed by atoms with van der Waals surface area (Å²) in [6.07, 6.45) is -0.471. The number of rotatable bonds is 5. The summed E-state index contributed by atoms with van der Waals surface area (Å²) >= 11 is 0. The number of imidazole rings is 1. The number of H-pyrrole nitrogens is 1. The summed E-state index contributed by atoms with van der Waals surface area (Å²) in [6, 6.07) is 5.00. The molecule has 28 heavy (non-hydrogen) atoms. The molecule has 1 unspecified atom stereocenters. The number of morpholine rings is 1. The van der Waals surface area contributed by atoms with E-state index in [-0.39, 0.29) is 30.6 Å². The fourth-order valence-electron chi connectivity index (χ4n) is 3.27. The largest absolute Gasteiger partial charge is 0.480 e. The molecular weight excluding hydrogens is 368 g/mol. The zero-order valence-electron chi connectivity index (χ0n) is 15.7. The van der Waals surface area contributed by atoms with Crippen molar-refractivity contribution in [1.29, 1.82) is 0 Å². The van der Waals surface area contributed by atoms with Gasteiger partial charge in [0.15, 0.2) is 0 Å². The predicted octanol–water partition coefficient (Wildman–Crippen LogP) is -0.359. The molecule has 1 fully saturated rings. The van der Waals surface area contributed by atoms with E-state index in [1.54, 1.807) is 30.1 Å². The van der Waals surface area contributed by atoms with Crippen molar-refractivity contribution in [3.05, 3.63) is 34.2 Å². The summed E-state index contributed by atoms with van der Waals surface area (Å²) in [6.45, 7) is 1.90. The molecule has 0 radical (unpaired) electrons. The van der Waals surface area contributed by atoms with Crippen LogP contribution in [-0.4, -0.2) is 81.1 Å². The Kier molecular flexibility index (Phi) is 5.50. The molecule has 10 nitrogen and oxygen atoms in total. The predicted molar refractivity (Wildman–Crippen MR) is 99.1 cm³/mol. The molecule has 1 aliphatic heterocycles. The quantitative estimate of drug-likeness (QED) is 0.718. The SMILES string of the molecule is CC(=O)N(CC(=O)O)CC1CN(C(=O)c2ccc3[nH]c(=O)n(C)c3c2)CCO1. The lowest BCUT2D eigenvalue weighted by atomic mass is 10.1. The Hall–Kier alpha value is -3.14. The third-order valence-electron chi connectivity index (χ3n) is 4.77. The van der Waals surface area contributed by atoms with Crippen LogP contribution in [-0.2, 0) is 21.4 Å². The first-order valence-corrected chi connectivity index (χ1v) is 8.83. The number of carboxylic acids is 1. The van der Waals surface area contributed by atoms with Crippen LogP contribution in [0.5, 0.6) is 0 Å². The van der Waals surface area contributed by atoms with Crippen molar-refractivity contribution in [2.75, 3.05) is 32.8 Å². The van der Waals surface area contributed by atoms with Crippen molar-refractivity contribution in [3.63, 3.8) is 0 Å². The van der Waals surface area contributed by atoms with Gasteiger partial charge in [0.25, 0.3) is 5.91 Å². The standard InChI is InChI=1S/C18H22N4O6/c1-11(23)22(10-16(24)25)9-13-8-21(5-6-28-13)17(26)12-3-4-14-15(7-12)20(2)18(27)19-14/h3-4,7,13H,5-6,8-10H2,1-2H3,(H,19,27)(H,24,25). The number of hydrogen-bond acceptors (Lipinski definition) is 5. The van der Waals surface area contributed by atoms with E-state index in [1.807, 2.05) is 0 Å². The number of amides is 2. The fraction of sp³-hybridized carbons (Fsp3) is 0.444. The molecule has 2 aromatic rings. The molecule has 0 aliphatic carbocycles. The number of fused-ring (bicyclic) bond motifs is 1. The molecule has 0 bridgehead atoms. The minimum atomic E-state index is -1.11. The number of carboxylic acid groups (broad SMARTS) is 1. The van der Waals surface area contributed by atoms with Crippen molar-refractivity contribution < 1.29 is 24.2 Å². The zero-order chi connectivity index (χ0) is 20.4. The van der Waals surface area contributed by atoms with Crippen molar-refractivity contribution in [1.82, 2.24) is 19.4 Å². The zero-order valence-corrected chi connectivity index (χ0v) is 15.7. The van der Waals surface area contributed by atoms with Gasteiger partial charge in [0.1, 0.15) is 6.54 Å². The van der Waals surface area contributed by atoms with Crippen molar-refractivity contribution in [2.24, 2.45) is 7.05 Å². The molecule has 0 saturated carbocycles. The van der Waals surface area contributed by atoms with Crippen molar-refractivity contribution in [3.8, 4) is 0 Å². The number of nitrogens with zero attached hydrogens (tertiary/aromatic N) is 3. The highest BCUT2D eigenvalue weighted by Gasteiger charge is 2.28. The molecule has 1 atom stereocenters. The van der Waals surface area contributed by atoms with Gasteiger partial charge in [-0.2, -0.15) is 0 Å². The highest BCUT2D eigenvalue weighted by Crippen LogP contribution is 2.16. The Morgan fingerprint density at radius 2 is 2.11 bits per heavy atom. The number of ether oxygens (including phenoxy) is 1. The molecule has 3 rings (SSSR count). The van der Waals surface area contributed by atoms with Crippen LogP contribution in [0.4, 0.5) is 0 Å². The highest BCUT2D eigenvalue weighted by atomic mass is 16.5. The first-order valence-electron chi connectivity index (χ1n) is 8.83. The lowest BCUT2D eigenvalue weighted by Crippen LogP contribution is -2.51. The number of carbonyl (C=O) groups excluding carboxylic acids is 2. The smallest absolute Gasteiger partial charge is 0.326 e. The number of carbonyl (C=O) groups is 3. The Labute approximate surface area is 160 Å². The Balaban J connectivity index is 1.73. The van der Waals surface area contributed by atoms with Gasteiger partial charge < -0.3 is 24.6 Å². The third-order valence-corrected chi connectivity index (χ3v) is 4.77. The monoisotopic (exact) mass is 390 g/mol. The van der Waals surface area contributed by atoms with Gasteiger partial charge in [0.05, 0.1) is 23.7 Å². The molecule has 1 aromatic carbocycles. The minimum Gasteiger partial charge on any atom is -0.480 e. The van der Waals surface area contributed by atoms with Gasteiger partial charge in [-0.05, 0) is 18.2 Å². The van der Waals surface area contributed by atoms with Gasteiger partial charge >= 0.3 is 11.7 Å². The topological polar surface area (TPSA) is 125 Å². The average molecular weight is 390 g/mol. The first-order chi connectivity index (χ1) is 13.3. The van der Waals surface area contributed by atoms with Crippen LogP contribution in [0.3, 0.4) is 0 Å². The van der Waals surface area contributed by atoms with Gasteiger partial charge in [-0.3, -0.25) is 19.0 Å². The van der Waals surface area contributed by atoms with Crippen LogP contribution in [0.2, 0.25) is 0 Å². The van der Waals surface area contributed by atoms with E-state index in [0.29, 0.717) is 29.7 Å². The fourth-order valence-corrected chi connectivity index (χ4v) is 3.27. The van der Waals surface area contributed by atoms with E-state index in [4.69, 9.17) is 9.84 Å². The van der Waals surface area contributed by atoms with Crippen LogP contribution in [0.25, 0.3) is 11.0 Å². The van der Waals surface area contributed by atoms with E-state index in [0.717, 1.165) is 0 Å². The van der Waals surface area contributed by atoms with Crippen LogP contribution in [0.15, 0.2) is 23.0 Å². The van der Waals surface area contributed by atoms with Gasteiger partial charge in [0, 0.05) is 39.2 Å². The lowest BCUT2D eigenvalue weighted by molar-refractivity contribution is -0.145. The van der Waals surface area contributed by atoms with Crippen LogP contribution in [0.1, 0.15) is 17.3 Å². The first kappa shape index (κ1) is 19.6. The summed E-state index contributed by atoms with van der Waals surface area (Å²) in [5, 5.41) is 8.94. The number of benzene rings is 1. The maximum Gasteiger partial charge on any atom is 0.326 e. The molecule has 150 valence electrons. The minimum absolute atomic E-state index is 0.0940. The lowest BCUT2D eigenvalue weighted by Gasteiger charge is -2.35. The number of aryl methyl sites for hydroxylation is 1. The van der Waals surface area contributed by atoms with Crippen molar-refractivity contribution >= 4 is 28.8 Å². The van der Waals surface area contributed by atoms with Gasteiger partial charge in [-0.25, -0.2) is 4.79 Å². The van der Waals surface area contributed by atoms with E-state index >= 15 is 0 Å². The molecule has 1 aromatic heterocycles. The molecule has 2 N–H and O–H groups in total. The van der Waals surface area contributed by atoms with Gasteiger partial charge in [0.2, 0.25) is 5.91 Å². The van der Waals surface area contributed by atoms with Crippen LogP contribution in [0, 0.1) is 0 Å². The van der Waals surface area contributed by atoms with E-state index in [2.05, 4.69) is 4.98 Å². The molecule has 0 spiro atoms. The van der Waals surface area contributed by atoms with Gasteiger partial charge in [-0.1, -0.05) is 0 Å². The van der Waals surface area contributed by atoms with E-state index in [9.17, 15) is 19.2 Å². The second kappa shape index (κ2) is 7.85. The summed E-state index contributed by atoms with van der Waals surface area (Å²) < 4.78 is 7.05. The second-order valence-corrected chi connectivity index (χ2v) is 6.76. The summed E-state index contributed by atoms with van der Waals surface area (Å²) in [4.78, 5) is 52.7. The maximum absolute atomic E-state index is 12.9. The third kappa shape index (κ3) is 4.06. The molecular formula is C18H22N4O6. The van der Waals surface area contributed by atoms with Gasteiger partial charge in [-0.15, -0.1) is 0 Å². The highest BCUT2D eigenvalue weighted by molar-refractivity contribution is 5.97. The average Bonchev–Trinajstić information content (AvgIpc) is 2.94. The number of aliphatic carboxylic acids is 1. The molecule has 1 saturated heterocycles. The van der Waals surface area contributed by atoms with E-state index < -0.39 is 18.6 Å². The van der Waals surface area contributed by atoms with Crippen LogP contribution >= 0.6 is 0 Å². The maximum atomic E-state index is 12.9. The van der Waals surface area contributed by atoms with E-state index in [1.165, 1.54) is 16.4 Å². The Morgan fingerprint density at radius 1 is 1.36 bits per heavy atom. The van der Waals surface area contributed by atoms with Crippen molar-refractivity contribution in [2.45, 2.75) is 13.0 Å².